The van der Waals surface area contributed by atoms with Gasteiger partial charge < -0.3 is 18.6 Å². The number of furan rings is 1. The Morgan fingerprint density at radius 1 is 1.13 bits per heavy atom. The molecule has 0 radical (unpaired) electrons. The van der Waals surface area contributed by atoms with E-state index in [1.807, 2.05) is 12.1 Å². The van der Waals surface area contributed by atoms with Crippen molar-refractivity contribution in [1.29, 1.82) is 0 Å². The Kier molecular flexibility index (Phi) is 5.79. The molecule has 0 amide bonds. The Hall–Kier alpha value is -3.22. The van der Waals surface area contributed by atoms with E-state index in [1.165, 1.54) is 13.4 Å². The van der Waals surface area contributed by atoms with Gasteiger partial charge in [0.15, 0.2) is 23.0 Å². The van der Waals surface area contributed by atoms with Crippen molar-refractivity contribution in [2.75, 3.05) is 7.11 Å². The van der Waals surface area contributed by atoms with Crippen LogP contribution in [0.4, 0.5) is 0 Å². The van der Waals surface area contributed by atoms with Crippen LogP contribution in [0, 0.1) is 0 Å². The Morgan fingerprint density at radius 3 is 2.73 bits per heavy atom. The molecule has 152 valence electrons. The molecule has 3 aromatic rings. The minimum absolute atomic E-state index is 0.107. The molecule has 1 aliphatic rings. The molecule has 2 aromatic carbocycles. The van der Waals surface area contributed by atoms with E-state index < -0.39 is 5.97 Å². The molecule has 1 aromatic heterocycles. The third-order valence-electron chi connectivity index (χ3n) is 4.18. The first-order valence-corrected chi connectivity index (χ1v) is 9.60. The summed E-state index contributed by atoms with van der Waals surface area (Å²) < 4.78 is 21.6. The Labute approximate surface area is 182 Å². The van der Waals surface area contributed by atoms with Crippen molar-refractivity contribution < 1.29 is 23.4 Å². The molecule has 4 rings (SSSR count). The van der Waals surface area contributed by atoms with Crippen LogP contribution in [0.2, 0.25) is 10.0 Å². The summed E-state index contributed by atoms with van der Waals surface area (Å²) in [5.41, 5.74) is 1.61. The number of esters is 1. The first-order valence-electron chi connectivity index (χ1n) is 8.84. The van der Waals surface area contributed by atoms with Gasteiger partial charge in [-0.2, -0.15) is 0 Å². The summed E-state index contributed by atoms with van der Waals surface area (Å²) in [6.07, 6.45) is 3.02. The van der Waals surface area contributed by atoms with Crippen molar-refractivity contribution in [3.05, 3.63) is 87.4 Å². The zero-order valence-electron chi connectivity index (χ0n) is 15.7. The van der Waals surface area contributed by atoms with Gasteiger partial charge >= 0.3 is 5.97 Å². The molecule has 0 N–H and O–H groups in total. The second-order valence-corrected chi connectivity index (χ2v) is 7.11. The number of carbonyl (C=O) groups excluding carboxylic acids is 1. The molecule has 0 fully saturated rings. The van der Waals surface area contributed by atoms with Crippen molar-refractivity contribution in [3.8, 4) is 11.5 Å². The van der Waals surface area contributed by atoms with E-state index in [0.717, 1.165) is 5.56 Å². The van der Waals surface area contributed by atoms with Crippen molar-refractivity contribution in [3.63, 3.8) is 0 Å². The lowest BCUT2D eigenvalue weighted by atomic mass is 10.1. The number of carbonyl (C=O) groups is 1. The fourth-order valence-electron chi connectivity index (χ4n) is 2.82. The van der Waals surface area contributed by atoms with Crippen LogP contribution in [0.15, 0.2) is 69.9 Å². The molecular weight excluding hydrogens is 429 g/mol. The quantitative estimate of drug-likeness (QED) is 0.370. The molecule has 2 heterocycles. The number of aliphatic imine (C=N–C) groups is 1. The average Bonchev–Trinajstić information content (AvgIpc) is 3.37. The highest BCUT2D eigenvalue weighted by Crippen LogP contribution is 2.38. The minimum atomic E-state index is -0.585. The predicted molar refractivity (Wildman–Crippen MR) is 113 cm³/mol. The standard InChI is InChI=1S/C22H15Cl2NO5/c1-27-19-11-14(10-17-22(26)30-21(25-17)18-6-3-7-28-18)9-16(24)20(19)29-12-13-4-2-5-15(23)8-13/h2-11H,12H2,1H3/b17-10-. The van der Waals surface area contributed by atoms with Crippen LogP contribution in [0.3, 0.4) is 0 Å². The van der Waals surface area contributed by atoms with Crippen molar-refractivity contribution in [2.45, 2.75) is 6.61 Å². The van der Waals surface area contributed by atoms with Crippen LogP contribution in [0.25, 0.3) is 6.08 Å². The van der Waals surface area contributed by atoms with Gasteiger partial charge in [-0.25, -0.2) is 9.79 Å². The maximum atomic E-state index is 12.1. The largest absolute Gasteiger partial charge is 0.493 e. The molecule has 0 aliphatic carbocycles. The fourth-order valence-corrected chi connectivity index (χ4v) is 3.30. The fraction of sp³-hybridized carbons (Fsp3) is 0.0909. The normalized spacial score (nSPS) is 14.6. The lowest BCUT2D eigenvalue weighted by Crippen LogP contribution is -2.04. The average molecular weight is 444 g/mol. The number of cyclic esters (lactones) is 1. The predicted octanol–water partition coefficient (Wildman–Crippen LogP) is 5.52. The van der Waals surface area contributed by atoms with Gasteiger partial charge in [-0.1, -0.05) is 35.3 Å². The number of nitrogens with zero attached hydrogens (tertiary/aromatic N) is 1. The zero-order chi connectivity index (χ0) is 21.1. The lowest BCUT2D eigenvalue weighted by molar-refractivity contribution is -0.130. The number of hydrogen-bond acceptors (Lipinski definition) is 6. The maximum absolute atomic E-state index is 12.1. The van der Waals surface area contributed by atoms with E-state index in [0.29, 0.717) is 32.9 Å². The summed E-state index contributed by atoms with van der Waals surface area (Å²) in [7, 11) is 1.51. The van der Waals surface area contributed by atoms with Crippen LogP contribution >= 0.6 is 23.2 Å². The Balaban J connectivity index is 1.59. The second kappa shape index (κ2) is 8.65. The molecule has 0 unspecified atom stereocenters. The van der Waals surface area contributed by atoms with Gasteiger partial charge in [0.2, 0.25) is 0 Å². The van der Waals surface area contributed by atoms with Gasteiger partial charge in [0.25, 0.3) is 5.90 Å². The Morgan fingerprint density at radius 2 is 2.00 bits per heavy atom. The van der Waals surface area contributed by atoms with Crippen LogP contribution in [-0.2, 0) is 16.1 Å². The van der Waals surface area contributed by atoms with E-state index in [1.54, 1.807) is 42.5 Å². The number of methoxy groups -OCH3 is 1. The minimum Gasteiger partial charge on any atom is -0.493 e. The van der Waals surface area contributed by atoms with E-state index in [-0.39, 0.29) is 18.2 Å². The summed E-state index contributed by atoms with van der Waals surface area (Å²) in [5.74, 6) is 0.689. The molecule has 0 spiro atoms. The van der Waals surface area contributed by atoms with E-state index in [9.17, 15) is 4.79 Å². The SMILES string of the molecule is COc1cc(/C=C2\N=C(c3ccco3)OC2=O)cc(Cl)c1OCc1cccc(Cl)c1. The van der Waals surface area contributed by atoms with E-state index >= 15 is 0 Å². The van der Waals surface area contributed by atoms with Crippen molar-refractivity contribution >= 4 is 41.1 Å². The summed E-state index contributed by atoms with van der Waals surface area (Å²) in [6.45, 7) is 0.264. The Bertz CT molecular complexity index is 1150. The van der Waals surface area contributed by atoms with Gasteiger partial charge in [0.05, 0.1) is 18.4 Å². The number of halogens is 2. The topological polar surface area (TPSA) is 70.3 Å². The summed E-state index contributed by atoms with van der Waals surface area (Å²) in [6, 6.07) is 14.0. The molecule has 6 nitrogen and oxygen atoms in total. The highest BCUT2D eigenvalue weighted by molar-refractivity contribution is 6.32. The molecule has 1 aliphatic heterocycles. The molecule has 0 bridgehead atoms. The summed E-state index contributed by atoms with van der Waals surface area (Å²) in [4.78, 5) is 16.3. The first kappa shape index (κ1) is 20.1. The third kappa shape index (κ3) is 4.35. The van der Waals surface area contributed by atoms with Gasteiger partial charge in [-0.05, 0) is 53.6 Å². The van der Waals surface area contributed by atoms with E-state index in [2.05, 4.69) is 4.99 Å². The number of rotatable bonds is 6. The molecule has 0 saturated carbocycles. The molecule has 8 heteroatoms. The smallest absolute Gasteiger partial charge is 0.363 e. The summed E-state index contributed by atoms with van der Waals surface area (Å²) in [5, 5.41) is 0.943. The molecule has 0 saturated heterocycles. The van der Waals surface area contributed by atoms with Gasteiger partial charge in [-0.15, -0.1) is 0 Å². The highest BCUT2D eigenvalue weighted by Gasteiger charge is 2.26. The second-order valence-electron chi connectivity index (χ2n) is 6.27. The van der Waals surface area contributed by atoms with Crippen LogP contribution in [0.1, 0.15) is 16.9 Å². The lowest BCUT2D eigenvalue weighted by Gasteiger charge is -2.13. The van der Waals surface area contributed by atoms with Gasteiger partial charge in [0, 0.05) is 5.02 Å². The third-order valence-corrected chi connectivity index (χ3v) is 4.70. The van der Waals surface area contributed by atoms with Gasteiger partial charge in [0.1, 0.15) is 6.61 Å². The van der Waals surface area contributed by atoms with Crippen molar-refractivity contribution in [1.82, 2.24) is 0 Å². The first-order chi connectivity index (χ1) is 14.5. The molecule has 30 heavy (non-hydrogen) atoms. The van der Waals surface area contributed by atoms with E-state index in [4.69, 9.17) is 41.8 Å². The summed E-state index contributed by atoms with van der Waals surface area (Å²) >= 11 is 12.4. The number of hydrogen-bond donors (Lipinski definition) is 0. The van der Waals surface area contributed by atoms with Crippen LogP contribution in [0.5, 0.6) is 11.5 Å². The zero-order valence-corrected chi connectivity index (χ0v) is 17.2. The van der Waals surface area contributed by atoms with Crippen molar-refractivity contribution in [2.24, 2.45) is 4.99 Å². The van der Waals surface area contributed by atoms with Crippen LogP contribution in [-0.4, -0.2) is 19.0 Å². The van der Waals surface area contributed by atoms with Gasteiger partial charge in [-0.3, -0.25) is 0 Å². The number of ether oxygens (including phenoxy) is 3. The molecular formula is C22H15Cl2NO5. The molecule has 0 atom stereocenters. The monoisotopic (exact) mass is 443 g/mol. The highest BCUT2D eigenvalue weighted by atomic mass is 35.5. The maximum Gasteiger partial charge on any atom is 0.363 e. The number of benzene rings is 2. The van der Waals surface area contributed by atoms with Crippen LogP contribution < -0.4 is 9.47 Å².